The van der Waals surface area contributed by atoms with Gasteiger partial charge < -0.3 is 4.90 Å². The van der Waals surface area contributed by atoms with Crippen LogP contribution >= 0.6 is 11.6 Å². The molecule has 0 unspecified atom stereocenters. The number of hydrogen-bond donors (Lipinski definition) is 0. The van der Waals surface area contributed by atoms with Crippen LogP contribution in [0.1, 0.15) is 15.9 Å². The lowest BCUT2D eigenvalue weighted by Crippen LogP contribution is -2.29. The summed E-state index contributed by atoms with van der Waals surface area (Å²) in [7, 11) is 0. The number of hydrogen-bond acceptors (Lipinski definition) is 2. The van der Waals surface area contributed by atoms with Crippen molar-refractivity contribution in [2.24, 2.45) is 0 Å². The van der Waals surface area contributed by atoms with Crippen LogP contribution in [0.5, 0.6) is 0 Å². The summed E-state index contributed by atoms with van der Waals surface area (Å²) in [5.74, 6) is -2.89. The Kier molecular flexibility index (Phi) is 3.22. The first kappa shape index (κ1) is 13.7. The van der Waals surface area contributed by atoms with Gasteiger partial charge >= 0.3 is 0 Å². The van der Waals surface area contributed by atoms with Crippen LogP contribution in [0.15, 0.2) is 36.4 Å². The van der Waals surface area contributed by atoms with E-state index in [0.29, 0.717) is 10.7 Å². The zero-order valence-electron chi connectivity index (χ0n) is 10.6. The van der Waals surface area contributed by atoms with Crippen LogP contribution in [0, 0.1) is 11.6 Å². The molecule has 0 fully saturated rings. The molecule has 1 amide bonds. The molecule has 0 saturated carbocycles. The number of fused-ring (bicyclic) bond motifs is 1. The van der Waals surface area contributed by atoms with Crippen molar-refractivity contribution >= 4 is 29.0 Å². The van der Waals surface area contributed by atoms with E-state index in [2.05, 4.69) is 0 Å². The van der Waals surface area contributed by atoms with Gasteiger partial charge in [0.2, 0.25) is 0 Å². The average Bonchev–Trinajstić information content (AvgIpc) is 2.63. The molecule has 1 aliphatic heterocycles. The van der Waals surface area contributed by atoms with Crippen LogP contribution < -0.4 is 4.90 Å². The third-order valence-electron chi connectivity index (χ3n) is 3.20. The summed E-state index contributed by atoms with van der Waals surface area (Å²) in [6, 6.07) is 7.47. The third-order valence-corrected chi connectivity index (χ3v) is 3.43. The van der Waals surface area contributed by atoms with Crippen LogP contribution in [0.4, 0.5) is 14.5 Å². The number of anilines is 1. The first-order valence-corrected chi connectivity index (χ1v) is 6.44. The van der Waals surface area contributed by atoms with Gasteiger partial charge in [0.05, 0.1) is 17.8 Å². The lowest BCUT2D eigenvalue weighted by atomic mass is 10.1. The van der Waals surface area contributed by atoms with Crippen molar-refractivity contribution in [1.82, 2.24) is 0 Å². The topological polar surface area (TPSA) is 37.4 Å². The van der Waals surface area contributed by atoms with Crippen molar-refractivity contribution in [2.45, 2.75) is 6.54 Å². The molecule has 2 aromatic carbocycles. The summed E-state index contributed by atoms with van der Waals surface area (Å²) in [5.41, 5.74) is 0.847. The van der Waals surface area contributed by atoms with Crippen molar-refractivity contribution in [2.75, 3.05) is 4.90 Å². The van der Waals surface area contributed by atoms with Crippen LogP contribution in [-0.4, -0.2) is 11.7 Å². The Morgan fingerprint density at radius 2 is 1.67 bits per heavy atom. The van der Waals surface area contributed by atoms with E-state index in [9.17, 15) is 18.4 Å². The summed E-state index contributed by atoms with van der Waals surface area (Å²) in [5, 5.41) is 0.341. The molecule has 3 rings (SSSR count). The Labute approximate surface area is 123 Å². The fourth-order valence-corrected chi connectivity index (χ4v) is 2.49. The largest absolute Gasteiger partial charge is 0.300 e. The molecule has 3 nitrogen and oxygen atoms in total. The molecule has 0 radical (unpaired) electrons. The predicted molar refractivity (Wildman–Crippen MR) is 73.3 cm³/mol. The first-order chi connectivity index (χ1) is 9.95. The number of Topliss-reactive ketones (excluding diaryl/α,β-unsaturated/α-hetero) is 1. The summed E-state index contributed by atoms with van der Waals surface area (Å²) in [4.78, 5) is 25.1. The van der Waals surface area contributed by atoms with Gasteiger partial charge in [0.15, 0.2) is 0 Å². The number of carbonyl (C=O) groups excluding carboxylic acids is 2. The zero-order chi connectivity index (χ0) is 15.1. The Morgan fingerprint density at radius 1 is 1.00 bits per heavy atom. The van der Waals surface area contributed by atoms with Crippen LogP contribution in [0.3, 0.4) is 0 Å². The molecule has 0 spiro atoms. The number of benzene rings is 2. The Balaban J connectivity index is 2.00. The lowest BCUT2D eigenvalue weighted by molar-refractivity contribution is -0.114. The van der Waals surface area contributed by atoms with Crippen molar-refractivity contribution in [3.05, 3.63) is 64.2 Å². The quantitative estimate of drug-likeness (QED) is 0.798. The average molecular weight is 308 g/mol. The van der Waals surface area contributed by atoms with E-state index < -0.39 is 23.3 Å². The summed E-state index contributed by atoms with van der Waals surface area (Å²) in [6.45, 7) is -0.0894. The van der Waals surface area contributed by atoms with Gasteiger partial charge in [0, 0.05) is 11.1 Å². The van der Waals surface area contributed by atoms with Gasteiger partial charge in [-0.1, -0.05) is 11.6 Å². The minimum absolute atomic E-state index is 0.0894. The van der Waals surface area contributed by atoms with Crippen molar-refractivity contribution < 1.29 is 18.4 Å². The molecule has 0 atom stereocenters. The molecular weight excluding hydrogens is 300 g/mol. The molecule has 0 bridgehead atoms. The highest BCUT2D eigenvalue weighted by atomic mass is 35.5. The number of carbonyl (C=O) groups is 2. The summed E-state index contributed by atoms with van der Waals surface area (Å²) >= 11 is 5.80. The van der Waals surface area contributed by atoms with E-state index in [1.54, 1.807) is 6.07 Å². The second-order valence-electron chi connectivity index (χ2n) is 4.66. The van der Waals surface area contributed by atoms with Crippen LogP contribution in [0.2, 0.25) is 5.02 Å². The van der Waals surface area contributed by atoms with E-state index in [1.807, 2.05) is 0 Å². The minimum Gasteiger partial charge on any atom is -0.300 e. The van der Waals surface area contributed by atoms with Gasteiger partial charge in [-0.2, -0.15) is 0 Å². The van der Waals surface area contributed by atoms with Gasteiger partial charge in [-0.05, 0) is 35.9 Å². The van der Waals surface area contributed by atoms with E-state index in [-0.39, 0.29) is 17.7 Å². The number of nitrogens with zero attached hydrogens (tertiary/aromatic N) is 1. The molecule has 0 aromatic heterocycles. The maximum absolute atomic E-state index is 13.2. The van der Waals surface area contributed by atoms with Crippen LogP contribution in [0.25, 0.3) is 0 Å². The number of ketones is 1. The molecular formula is C15H8ClF2NO2. The van der Waals surface area contributed by atoms with E-state index >= 15 is 0 Å². The molecule has 6 heteroatoms. The summed E-state index contributed by atoms with van der Waals surface area (Å²) in [6.07, 6.45) is 0. The molecule has 1 heterocycles. The smallest absolute Gasteiger partial charge is 0.299 e. The molecule has 1 aliphatic rings. The zero-order valence-corrected chi connectivity index (χ0v) is 11.3. The Bertz CT molecular complexity index is 756. The van der Waals surface area contributed by atoms with Gasteiger partial charge in [-0.25, -0.2) is 8.78 Å². The fourth-order valence-electron chi connectivity index (χ4n) is 2.31. The standard InChI is InChI=1S/C15H8ClF2NO2/c16-9-1-2-13-12(5-9)14(20)15(21)19(13)7-8-3-10(17)6-11(18)4-8/h1-6H,7H2. The molecule has 21 heavy (non-hydrogen) atoms. The predicted octanol–water partition coefficient (Wildman–Crippen LogP) is 3.35. The lowest BCUT2D eigenvalue weighted by Gasteiger charge is -2.16. The maximum Gasteiger partial charge on any atom is 0.299 e. The maximum atomic E-state index is 13.2. The molecule has 0 saturated heterocycles. The Morgan fingerprint density at radius 3 is 2.33 bits per heavy atom. The normalized spacial score (nSPS) is 13.8. The van der Waals surface area contributed by atoms with Gasteiger partial charge in [0.1, 0.15) is 11.6 Å². The van der Waals surface area contributed by atoms with Crippen molar-refractivity contribution in [3.8, 4) is 0 Å². The van der Waals surface area contributed by atoms with Gasteiger partial charge in [0.25, 0.3) is 11.7 Å². The highest BCUT2D eigenvalue weighted by molar-refractivity contribution is 6.52. The highest BCUT2D eigenvalue weighted by Crippen LogP contribution is 2.32. The molecule has 0 N–H and O–H groups in total. The minimum atomic E-state index is -0.739. The van der Waals surface area contributed by atoms with Gasteiger partial charge in [-0.15, -0.1) is 0 Å². The molecule has 2 aromatic rings. The van der Waals surface area contributed by atoms with Crippen molar-refractivity contribution in [1.29, 1.82) is 0 Å². The summed E-state index contributed by atoms with van der Waals surface area (Å²) < 4.78 is 26.4. The first-order valence-electron chi connectivity index (χ1n) is 6.06. The SMILES string of the molecule is O=C1C(=O)N(Cc2cc(F)cc(F)c2)c2ccc(Cl)cc21. The second-order valence-corrected chi connectivity index (χ2v) is 5.10. The van der Waals surface area contributed by atoms with Crippen molar-refractivity contribution in [3.63, 3.8) is 0 Å². The number of halogens is 3. The monoisotopic (exact) mass is 307 g/mol. The number of amides is 1. The highest BCUT2D eigenvalue weighted by Gasteiger charge is 2.35. The van der Waals surface area contributed by atoms with E-state index in [4.69, 9.17) is 11.6 Å². The fraction of sp³-hybridized carbons (Fsp3) is 0.0667. The number of rotatable bonds is 2. The molecule has 106 valence electrons. The third kappa shape index (κ3) is 2.40. The van der Waals surface area contributed by atoms with Crippen LogP contribution in [-0.2, 0) is 11.3 Å². The molecule has 0 aliphatic carbocycles. The second kappa shape index (κ2) is 4.93. The Hall–Kier alpha value is -2.27. The van der Waals surface area contributed by atoms with E-state index in [0.717, 1.165) is 18.2 Å². The van der Waals surface area contributed by atoms with E-state index in [1.165, 1.54) is 17.0 Å². The van der Waals surface area contributed by atoms with Gasteiger partial charge in [-0.3, -0.25) is 9.59 Å².